The maximum absolute atomic E-state index is 12.9. The molecule has 1 unspecified atom stereocenters. The standard InChI is InChI=1S/C16H22F3N3O2/c1-10(2)20-14(23)9-22(4)11(3)15(24)21-13-8-6-5-7-12(13)16(17,18)19/h5-8,10-11H,9H2,1-4H3,(H,20,23)(H,21,24). The molecule has 1 aromatic rings. The molecule has 1 atom stereocenters. The number of carbonyl (C=O) groups excluding carboxylic acids is 2. The van der Waals surface area contributed by atoms with Gasteiger partial charge in [-0.15, -0.1) is 0 Å². The van der Waals surface area contributed by atoms with E-state index >= 15 is 0 Å². The van der Waals surface area contributed by atoms with Crippen LogP contribution in [-0.2, 0) is 15.8 Å². The molecule has 0 saturated carbocycles. The van der Waals surface area contributed by atoms with E-state index in [1.165, 1.54) is 30.0 Å². The number of anilines is 1. The Labute approximate surface area is 139 Å². The molecular weight excluding hydrogens is 323 g/mol. The van der Waals surface area contributed by atoms with Crippen LogP contribution in [-0.4, -0.2) is 42.4 Å². The number of likely N-dealkylation sites (N-methyl/N-ethyl adjacent to an activating group) is 1. The van der Waals surface area contributed by atoms with Gasteiger partial charge < -0.3 is 10.6 Å². The molecule has 1 rings (SSSR count). The number of rotatable bonds is 6. The van der Waals surface area contributed by atoms with E-state index < -0.39 is 23.7 Å². The molecule has 0 heterocycles. The van der Waals surface area contributed by atoms with Crippen LogP contribution in [0.3, 0.4) is 0 Å². The first-order valence-corrected chi connectivity index (χ1v) is 7.49. The smallest absolute Gasteiger partial charge is 0.353 e. The molecule has 0 bridgehead atoms. The summed E-state index contributed by atoms with van der Waals surface area (Å²) in [6.45, 7) is 5.10. The molecule has 5 nitrogen and oxygen atoms in total. The van der Waals surface area contributed by atoms with E-state index in [0.717, 1.165) is 6.07 Å². The Bertz CT molecular complexity index is 588. The van der Waals surface area contributed by atoms with E-state index in [0.29, 0.717) is 0 Å². The summed E-state index contributed by atoms with van der Waals surface area (Å²) in [6, 6.07) is 3.95. The SMILES string of the molecule is CC(C)NC(=O)CN(C)C(C)C(=O)Nc1ccccc1C(F)(F)F. The van der Waals surface area contributed by atoms with Crippen molar-refractivity contribution in [3.63, 3.8) is 0 Å². The Morgan fingerprint density at radius 1 is 1.17 bits per heavy atom. The second-order valence-electron chi connectivity index (χ2n) is 5.85. The van der Waals surface area contributed by atoms with Crippen LogP contribution in [0.5, 0.6) is 0 Å². The minimum atomic E-state index is -4.56. The Morgan fingerprint density at radius 2 is 1.75 bits per heavy atom. The highest BCUT2D eigenvalue weighted by Gasteiger charge is 2.34. The quantitative estimate of drug-likeness (QED) is 0.833. The van der Waals surface area contributed by atoms with Crippen LogP contribution in [0.1, 0.15) is 26.3 Å². The summed E-state index contributed by atoms with van der Waals surface area (Å²) in [6.07, 6.45) is -4.56. The number of alkyl halides is 3. The lowest BCUT2D eigenvalue weighted by molar-refractivity contribution is -0.137. The highest BCUT2D eigenvalue weighted by molar-refractivity contribution is 5.95. The minimum absolute atomic E-state index is 0.0336. The molecule has 2 amide bonds. The maximum Gasteiger partial charge on any atom is 0.418 e. The number of carbonyl (C=O) groups is 2. The van der Waals surface area contributed by atoms with Crippen LogP contribution in [0.25, 0.3) is 0 Å². The van der Waals surface area contributed by atoms with Crippen LogP contribution in [0.15, 0.2) is 24.3 Å². The largest absolute Gasteiger partial charge is 0.418 e. The first-order valence-electron chi connectivity index (χ1n) is 7.49. The lowest BCUT2D eigenvalue weighted by Gasteiger charge is -2.24. The lowest BCUT2D eigenvalue weighted by atomic mass is 10.1. The number of amides is 2. The Morgan fingerprint density at radius 3 is 2.29 bits per heavy atom. The number of hydrogen-bond acceptors (Lipinski definition) is 3. The molecule has 0 aliphatic heterocycles. The van der Waals surface area contributed by atoms with E-state index in [4.69, 9.17) is 0 Å². The van der Waals surface area contributed by atoms with Gasteiger partial charge in [-0.3, -0.25) is 14.5 Å². The third-order valence-corrected chi connectivity index (χ3v) is 3.37. The van der Waals surface area contributed by atoms with Crippen LogP contribution < -0.4 is 10.6 Å². The van der Waals surface area contributed by atoms with Crippen LogP contribution in [0.2, 0.25) is 0 Å². The number of nitrogens with one attached hydrogen (secondary N) is 2. The molecule has 24 heavy (non-hydrogen) atoms. The summed E-state index contributed by atoms with van der Waals surface area (Å²) < 4.78 is 38.8. The van der Waals surface area contributed by atoms with Gasteiger partial charge in [-0.1, -0.05) is 12.1 Å². The first-order chi connectivity index (χ1) is 11.0. The summed E-state index contributed by atoms with van der Waals surface area (Å²) in [5.74, 6) is -0.880. The van der Waals surface area contributed by atoms with Crippen molar-refractivity contribution in [1.82, 2.24) is 10.2 Å². The van der Waals surface area contributed by atoms with Gasteiger partial charge in [-0.05, 0) is 40.0 Å². The molecule has 0 radical (unpaired) electrons. The molecule has 1 aromatic carbocycles. The molecular formula is C16H22F3N3O2. The van der Waals surface area contributed by atoms with Gasteiger partial charge >= 0.3 is 6.18 Å². The minimum Gasteiger partial charge on any atom is -0.353 e. The fourth-order valence-electron chi connectivity index (χ4n) is 2.01. The van der Waals surface area contributed by atoms with Crippen molar-refractivity contribution in [2.24, 2.45) is 0 Å². The van der Waals surface area contributed by atoms with E-state index in [-0.39, 0.29) is 24.2 Å². The molecule has 0 aliphatic rings. The van der Waals surface area contributed by atoms with Gasteiger partial charge in [-0.2, -0.15) is 13.2 Å². The highest BCUT2D eigenvalue weighted by Crippen LogP contribution is 2.34. The average molecular weight is 345 g/mol. The van der Waals surface area contributed by atoms with E-state index in [1.54, 1.807) is 7.05 Å². The summed E-state index contributed by atoms with van der Waals surface area (Å²) in [4.78, 5) is 25.3. The number of para-hydroxylation sites is 1. The zero-order valence-electron chi connectivity index (χ0n) is 14.1. The third kappa shape index (κ3) is 5.84. The number of benzene rings is 1. The van der Waals surface area contributed by atoms with Gasteiger partial charge in [-0.25, -0.2) is 0 Å². The fraction of sp³-hybridized carbons (Fsp3) is 0.500. The normalized spacial score (nSPS) is 13.0. The second-order valence-corrected chi connectivity index (χ2v) is 5.85. The summed E-state index contributed by atoms with van der Waals surface area (Å²) in [7, 11) is 1.56. The lowest BCUT2D eigenvalue weighted by Crippen LogP contribution is -2.46. The van der Waals surface area contributed by atoms with E-state index in [9.17, 15) is 22.8 Å². The van der Waals surface area contributed by atoms with Gasteiger partial charge in [0.05, 0.1) is 23.8 Å². The number of nitrogens with zero attached hydrogens (tertiary/aromatic N) is 1. The monoisotopic (exact) mass is 345 g/mol. The molecule has 0 aliphatic carbocycles. The van der Waals surface area contributed by atoms with Gasteiger partial charge in [0.2, 0.25) is 11.8 Å². The van der Waals surface area contributed by atoms with Crippen LogP contribution in [0.4, 0.5) is 18.9 Å². The predicted molar refractivity (Wildman–Crippen MR) is 85.4 cm³/mol. The van der Waals surface area contributed by atoms with Gasteiger partial charge in [0, 0.05) is 6.04 Å². The van der Waals surface area contributed by atoms with Crippen LogP contribution in [0, 0.1) is 0 Å². The number of hydrogen-bond donors (Lipinski definition) is 2. The Kier molecular flexibility index (Phi) is 6.77. The molecule has 134 valence electrons. The summed E-state index contributed by atoms with van der Waals surface area (Å²) in [5.41, 5.74) is -1.22. The van der Waals surface area contributed by atoms with E-state index in [1.807, 2.05) is 13.8 Å². The zero-order chi connectivity index (χ0) is 18.5. The second kappa shape index (κ2) is 8.14. The van der Waals surface area contributed by atoms with Crippen molar-refractivity contribution in [2.45, 2.75) is 39.0 Å². The molecule has 0 spiro atoms. The van der Waals surface area contributed by atoms with Gasteiger partial charge in [0.25, 0.3) is 0 Å². The topological polar surface area (TPSA) is 61.4 Å². The first kappa shape index (κ1) is 20.0. The van der Waals surface area contributed by atoms with Crippen molar-refractivity contribution >= 4 is 17.5 Å². The molecule has 8 heteroatoms. The Hall–Kier alpha value is -2.09. The summed E-state index contributed by atoms with van der Waals surface area (Å²) in [5, 5.41) is 4.96. The third-order valence-electron chi connectivity index (χ3n) is 3.37. The predicted octanol–water partition coefficient (Wildman–Crippen LogP) is 2.49. The highest BCUT2D eigenvalue weighted by atomic mass is 19.4. The fourth-order valence-corrected chi connectivity index (χ4v) is 2.01. The van der Waals surface area contributed by atoms with E-state index in [2.05, 4.69) is 10.6 Å². The van der Waals surface area contributed by atoms with Crippen molar-refractivity contribution in [3.8, 4) is 0 Å². The van der Waals surface area contributed by atoms with Crippen LogP contribution >= 0.6 is 0 Å². The van der Waals surface area contributed by atoms with Crippen molar-refractivity contribution in [1.29, 1.82) is 0 Å². The average Bonchev–Trinajstić information content (AvgIpc) is 2.44. The van der Waals surface area contributed by atoms with Gasteiger partial charge in [0.1, 0.15) is 0 Å². The van der Waals surface area contributed by atoms with Crippen molar-refractivity contribution in [2.75, 3.05) is 18.9 Å². The van der Waals surface area contributed by atoms with Crippen molar-refractivity contribution in [3.05, 3.63) is 29.8 Å². The molecule has 0 aromatic heterocycles. The Balaban J connectivity index is 2.76. The zero-order valence-corrected chi connectivity index (χ0v) is 14.1. The molecule has 2 N–H and O–H groups in total. The van der Waals surface area contributed by atoms with Gasteiger partial charge in [0.15, 0.2) is 0 Å². The molecule has 0 saturated heterocycles. The molecule has 0 fully saturated rings. The summed E-state index contributed by atoms with van der Waals surface area (Å²) >= 11 is 0. The maximum atomic E-state index is 12.9. The van der Waals surface area contributed by atoms with Crippen molar-refractivity contribution < 1.29 is 22.8 Å². The number of halogens is 3.